The molecule has 1 saturated heterocycles. The van der Waals surface area contributed by atoms with Gasteiger partial charge in [-0.05, 0) is 43.2 Å². The van der Waals surface area contributed by atoms with Crippen LogP contribution >= 0.6 is 0 Å². The fourth-order valence-electron chi connectivity index (χ4n) is 3.86. The summed E-state index contributed by atoms with van der Waals surface area (Å²) in [5, 5.41) is 3.28. The molecule has 3 aromatic rings. The molecule has 0 amide bonds. The van der Waals surface area contributed by atoms with E-state index in [1.54, 1.807) is 0 Å². The van der Waals surface area contributed by atoms with Gasteiger partial charge in [-0.1, -0.05) is 0 Å². The molecule has 1 aromatic carbocycles. The number of nitrogens with one attached hydrogen (secondary N) is 1. The number of carbonyl (C=O) groups is 1. The Kier molecular flexibility index (Phi) is 5.53. The van der Waals surface area contributed by atoms with Crippen LogP contribution in [0.25, 0.3) is 16.9 Å². The zero-order valence-corrected chi connectivity index (χ0v) is 17.1. The van der Waals surface area contributed by atoms with Gasteiger partial charge in [-0.25, -0.2) is 18.6 Å². The highest BCUT2D eigenvalue weighted by Gasteiger charge is 2.27. The van der Waals surface area contributed by atoms with Gasteiger partial charge in [0.05, 0.1) is 36.8 Å². The molecule has 158 valence electrons. The van der Waals surface area contributed by atoms with Crippen molar-refractivity contribution in [3.8, 4) is 11.3 Å². The molecule has 0 radical (unpaired) electrons. The van der Waals surface area contributed by atoms with Crippen LogP contribution in [-0.2, 0) is 15.9 Å². The monoisotopic (exact) mass is 415 g/mol. The highest BCUT2D eigenvalue weighted by atomic mass is 19.1. The molecule has 0 spiro atoms. The SMILES string of the molecule is COC(=O)c1cc(F)c(-c2nc3cc(C)ccn3c2CC2CNCCO2)c(C)c1F. The lowest BCUT2D eigenvalue weighted by Crippen LogP contribution is -2.39. The van der Waals surface area contributed by atoms with Crippen LogP contribution in [0.4, 0.5) is 8.78 Å². The molecule has 1 aliphatic heterocycles. The summed E-state index contributed by atoms with van der Waals surface area (Å²) in [7, 11) is 1.13. The molecule has 1 fully saturated rings. The van der Waals surface area contributed by atoms with E-state index in [0.29, 0.717) is 30.9 Å². The first kappa shape index (κ1) is 20.4. The number of methoxy groups -OCH3 is 1. The number of ether oxygens (including phenoxy) is 2. The highest BCUT2D eigenvalue weighted by molar-refractivity contribution is 5.91. The van der Waals surface area contributed by atoms with Crippen molar-refractivity contribution < 1.29 is 23.0 Å². The third-order valence-corrected chi connectivity index (χ3v) is 5.40. The first-order valence-corrected chi connectivity index (χ1v) is 9.78. The number of hydrogen-bond acceptors (Lipinski definition) is 5. The van der Waals surface area contributed by atoms with Crippen LogP contribution in [-0.4, -0.2) is 48.3 Å². The Hall–Kier alpha value is -2.84. The molecular formula is C22H23F2N3O3. The fourth-order valence-corrected chi connectivity index (χ4v) is 3.86. The molecule has 4 rings (SSSR count). The Balaban J connectivity index is 1.91. The number of esters is 1. The number of carbonyl (C=O) groups excluding carboxylic acids is 1. The third-order valence-electron chi connectivity index (χ3n) is 5.40. The third kappa shape index (κ3) is 3.57. The van der Waals surface area contributed by atoms with Gasteiger partial charge in [0.25, 0.3) is 0 Å². The van der Waals surface area contributed by atoms with Crippen molar-refractivity contribution in [2.24, 2.45) is 0 Å². The summed E-state index contributed by atoms with van der Waals surface area (Å²) in [6.07, 6.45) is 2.24. The number of halogens is 2. The van der Waals surface area contributed by atoms with Gasteiger partial charge in [0.2, 0.25) is 0 Å². The van der Waals surface area contributed by atoms with Gasteiger partial charge >= 0.3 is 5.97 Å². The molecule has 6 nitrogen and oxygen atoms in total. The molecular weight excluding hydrogens is 392 g/mol. The average molecular weight is 415 g/mol. The Morgan fingerprint density at radius 1 is 1.37 bits per heavy atom. The lowest BCUT2D eigenvalue weighted by atomic mass is 9.98. The van der Waals surface area contributed by atoms with Crippen molar-refractivity contribution in [3.05, 3.63) is 58.4 Å². The molecule has 0 bridgehead atoms. The van der Waals surface area contributed by atoms with Gasteiger partial charge in [0, 0.05) is 31.3 Å². The van der Waals surface area contributed by atoms with E-state index in [4.69, 9.17) is 4.74 Å². The summed E-state index contributed by atoms with van der Waals surface area (Å²) in [5.74, 6) is -2.46. The average Bonchev–Trinajstić information content (AvgIpc) is 3.07. The molecule has 1 unspecified atom stereocenters. The van der Waals surface area contributed by atoms with Crippen LogP contribution in [0.2, 0.25) is 0 Å². The molecule has 30 heavy (non-hydrogen) atoms. The largest absolute Gasteiger partial charge is 0.465 e. The van der Waals surface area contributed by atoms with Crippen molar-refractivity contribution in [2.45, 2.75) is 26.4 Å². The highest BCUT2D eigenvalue weighted by Crippen LogP contribution is 2.34. The van der Waals surface area contributed by atoms with Gasteiger partial charge in [0.1, 0.15) is 17.3 Å². The number of hydrogen-bond donors (Lipinski definition) is 1. The number of morpholine rings is 1. The molecule has 1 aliphatic rings. The first-order valence-electron chi connectivity index (χ1n) is 9.78. The van der Waals surface area contributed by atoms with E-state index in [1.165, 1.54) is 6.92 Å². The number of nitrogens with zero attached hydrogens (tertiary/aromatic N) is 2. The maximum absolute atomic E-state index is 15.2. The Morgan fingerprint density at radius 3 is 2.87 bits per heavy atom. The summed E-state index contributed by atoms with van der Waals surface area (Å²) in [6.45, 7) is 5.42. The second kappa shape index (κ2) is 8.12. The minimum atomic E-state index is -0.923. The molecule has 0 saturated carbocycles. The van der Waals surface area contributed by atoms with E-state index >= 15 is 4.39 Å². The summed E-state index contributed by atoms with van der Waals surface area (Å²) < 4.78 is 42.4. The fraction of sp³-hybridized carbons (Fsp3) is 0.364. The summed E-state index contributed by atoms with van der Waals surface area (Å²) in [4.78, 5) is 16.5. The number of fused-ring (bicyclic) bond motifs is 1. The zero-order chi connectivity index (χ0) is 21.4. The normalized spacial score (nSPS) is 16.8. The summed E-state index contributed by atoms with van der Waals surface area (Å²) in [6, 6.07) is 4.70. The van der Waals surface area contributed by atoms with Crippen LogP contribution in [0.5, 0.6) is 0 Å². The number of aryl methyl sites for hydroxylation is 1. The van der Waals surface area contributed by atoms with Gasteiger partial charge in [-0.2, -0.15) is 0 Å². The van der Waals surface area contributed by atoms with Gasteiger partial charge in [0.15, 0.2) is 0 Å². The Bertz CT molecular complexity index is 1120. The maximum atomic E-state index is 15.2. The number of rotatable bonds is 4. The van der Waals surface area contributed by atoms with Crippen LogP contribution in [0.15, 0.2) is 24.4 Å². The molecule has 1 atom stereocenters. The number of pyridine rings is 1. The predicted octanol–water partition coefficient (Wildman–Crippen LogP) is 3.21. The number of aromatic nitrogens is 2. The Labute approximate surface area is 172 Å². The summed E-state index contributed by atoms with van der Waals surface area (Å²) in [5.41, 5.74) is 2.34. The molecule has 1 N–H and O–H groups in total. The van der Waals surface area contributed by atoms with E-state index in [2.05, 4.69) is 15.0 Å². The first-order chi connectivity index (χ1) is 14.4. The lowest BCUT2D eigenvalue weighted by Gasteiger charge is -2.24. The Morgan fingerprint density at radius 2 is 2.17 bits per heavy atom. The van der Waals surface area contributed by atoms with Gasteiger partial charge < -0.3 is 19.2 Å². The molecule has 2 aromatic heterocycles. The molecule has 8 heteroatoms. The van der Waals surface area contributed by atoms with Crippen LogP contribution in [0, 0.1) is 25.5 Å². The standard InChI is InChI=1S/C22H23F2N3O3/c1-12-4-6-27-17(9-14-11-25-5-7-30-14)21(26-18(27)8-12)19-13(2)20(24)15(10-16(19)23)22(28)29-3/h4,6,8,10,14,25H,5,7,9,11H2,1-3H3. The van der Waals surface area contributed by atoms with E-state index < -0.39 is 23.2 Å². The van der Waals surface area contributed by atoms with E-state index in [-0.39, 0.29) is 17.2 Å². The van der Waals surface area contributed by atoms with E-state index in [1.807, 2.05) is 29.7 Å². The maximum Gasteiger partial charge on any atom is 0.340 e. The smallest absolute Gasteiger partial charge is 0.340 e. The van der Waals surface area contributed by atoms with Crippen LogP contribution in [0.1, 0.15) is 27.2 Å². The second-order valence-corrected chi connectivity index (χ2v) is 7.45. The molecule has 3 heterocycles. The van der Waals surface area contributed by atoms with Crippen molar-refractivity contribution in [2.75, 3.05) is 26.8 Å². The van der Waals surface area contributed by atoms with Gasteiger partial charge in [-0.15, -0.1) is 0 Å². The molecule has 0 aliphatic carbocycles. The topological polar surface area (TPSA) is 64.9 Å². The minimum Gasteiger partial charge on any atom is -0.465 e. The number of imidazole rings is 1. The van der Waals surface area contributed by atoms with Crippen molar-refractivity contribution in [3.63, 3.8) is 0 Å². The predicted molar refractivity (Wildman–Crippen MR) is 108 cm³/mol. The van der Waals surface area contributed by atoms with Crippen LogP contribution in [0.3, 0.4) is 0 Å². The number of benzene rings is 1. The van der Waals surface area contributed by atoms with Crippen LogP contribution < -0.4 is 5.32 Å². The zero-order valence-electron chi connectivity index (χ0n) is 17.1. The second-order valence-electron chi connectivity index (χ2n) is 7.45. The quantitative estimate of drug-likeness (QED) is 0.663. The van der Waals surface area contributed by atoms with Crippen molar-refractivity contribution >= 4 is 11.6 Å². The van der Waals surface area contributed by atoms with E-state index in [0.717, 1.165) is 31.0 Å². The van der Waals surface area contributed by atoms with Gasteiger partial charge in [-0.3, -0.25) is 0 Å². The van der Waals surface area contributed by atoms with E-state index in [9.17, 15) is 9.18 Å². The van der Waals surface area contributed by atoms with Crippen molar-refractivity contribution in [1.82, 2.24) is 14.7 Å². The summed E-state index contributed by atoms with van der Waals surface area (Å²) >= 11 is 0. The lowest BCUT2D eigenvalue weighted by molar-refractivity contribution is 0.0286. The van der Waals surface area contributed by atoms with Crippen molar-refractivity contribution in [1.29, 1.82) is 0 Å². The minimum absolute atomic E-state index is 0.0134.